The third-order valence-electron chi connectivity index (χ3n) is 9.95. The molecule has 0 fully saturated rings. The number of rotatable bonds is 18. The topological polar surface area (TPSA) is 146 Å². The fourth-order valence-electron chi connectivity index (χ4n) is 5.49. The average molecular weight is 797 g/mol. The number of benzene rings is 1. The van der Waals surface area contributed by atoms with Gasteiger partial charge in [-0.05, 0) is 67.2 Å². The van der Waals surface area contributed by atoms with Gasteiger partial charge in [-0.3, -0.25) is 14.4 Å². The number of nitrogens with zero attached hydrogens (tertiary/aromatic N) is 4. The van der Waals surface area contributed by atoms with E-state index in [0.717, 1.165) is 22.6 Å². The predicted molar refractivity (Wildman–Crippen MR) is 225 cm³/mol. The highest BCUT2D eigenvalue weighted by molar-refractivity contribution is 6.76. The van der Waals surface area contributed by atoms with Crippen molar-refractivity contribution in [3.05, 3.63) is 70.4 Å². The minimum absolute atomic E-state index is 0.0170. The van der Waals surface area contributed by atoms with Gasteiger partial charge in [0.25, 0.3) is 5.56 Å². The van der Waals surface area contributed by atoms with Crippen LogP contribution in [0.15, 0.2) is 53.5 Å². The number of carbonyl (C=O) groups excluding carboxylic acids is 3. The maximum absolute atomic E-state index is 13.9. The normalized spacial score (nSPS) is 13.6. The molecule has 13 nitrogen and oxygen atoms in total. The van der Waals surface area contributed by atoms with Crippen molar-refractivity contribution in [3.8, 4) is 0 Å². The van der Waals surface area contributed by atoms with E-state index in [1.54, 1.807) is 32.4 Å². The van der Waals surface area contributed by atoms with Crippen LogP contribution in [0.1, 0.15) is 65.0 Å². The summed E-state index contributed by atoms with van der Waals surface area (Å²) in [7, 11) is 0.976. The van der Waals surface area contributed by atoms with Crippen molar-refractivity contribution in [2.45, 2.75) is 117 Å². The molecule has 304 valence electrons. The van der Waals surface area contributed by atoms with Gasteiger partial charge in [0.1, 0.15) is 24.3 Å². The number of aromatic nitrogens is 3. The third kappa shape index (κ3) is 12.7. The van der Waals surface area contributed by atoms with Crippen LogP contribution in [0.25, 0.3) is 11.0 Å². The number of nitrogens with one attached hydrogen (secondary N) is 2. The largest absolute Gasteiger partial charge is 0.453 e. The highest BCUT2D eigenvalue weighted by atomic mass is 28.4. The monoisotopic (exact) mass is 796 g/mol. The van der Waals surface area contributed by atoms with Gasteiger partial charge in [-0.15, -0.1) is 0 Å². The fourth-order valence-corrected chi connectivity index (χ4v) is 7.64. The van der Waals surface area contributed by atoms with Crippen molar-refractivity contribution < 1.29 is 28.3 Å². The Bertz CT molecular complexity index is 1870. The number of allylic oxidation sites excluding steroid dienone is 1. The molecule has 2 N–H and O–H groups in total. The van der Waals surface area contributed by atoms with Crippen LogP contribution in [0, 0.1) is 5.92 Å². The smallest absolute Gasteiger partial charge is 0.407 e. The quantitative estimate of drug-likeness (QED) is 0.0772. The van der Waals surface area contributed by atoms with Gasteiger partial charge >= 0.3 is 6.09 Å². The summed E-state index contributed by atoms with van der Waals surface area (Å²) in [5.74, 6) is 0.00837. The number of fused-ring (bicyclic) bond motifs is 1. The minimum atomic E-state index is -2.16. The molecule has 2 atom stereocenters. The zero-order valence-electron chi connectivity index (χ0n) is 35.2. The van der Waals surface area contributed by atoms with Crippen LogP contribution >= 0.6 is 0 Å². The highest BCUT2D eigenvalue weighted by Crippen LogP contribution is 2.42. The van der Waals surface area contributed by atoms with E-state index in [1.807, 2.05) is 16.7 Å². The zero-order valence-corrected chi connectivity index (χ0v) is 37.2. The van der Waals surface area contributed by atoms with Crippen LogP contribution in [0.5, 0.6) is 0 Å². The van der Waals surface area contributed by atoms with E-state index < -0.39 is 40.0 Å². The number of para-hydroxylation sites is 1. The van der Waals surface area contributed by atoms with Crippen LogP contribution in [0.3, 0.4) is 0 Å². The molecule has 0 saturated carbocycles. The second-order valence-corrected chi connectivity index (χ2v) is 27.7. The number of imidazole rings is 1. The van der Waals surface area contributed by atoms with Crippen molar-refractivity contribution in [2.24, 2.45) is 5.92 Å². The number of likely N-dealkylation sites (N-methyl/N-ethyl adjacent to an activating group) is 1. The number of ether oxygens (including phenoxy) is 2. The minimum Gasteiger partial charge on any atom is -0.453 e. The Hall–Kier alpha value is -4.06. The lowest BCUT2D eigenvalue weighted by molar-refractivity contribution is -0.123. The van der Waals surface area contributed by atoms with E-state index in [9.17, 15) is 19.2 Å². The Morgan fingerprint density at radius 2 is 1.73 bits per heavy atom. The fraction of sp³-hybridized carbons (Fsp3) is 0.575. The molecule has 0 bridgehead atoms. The van der Waals surface area contributed by atoms with Crippen molar-refractivity contribution in [3.63, 3.8) is 0 Å². The lowest BCUT2D eigenvalue weighted by Gasteiger charge is -2.40. The first-order valence-electron chi connectivity index (χ1n) is 19.0. The van der Waals surface area contributed by atoms with Gasteiger partial charge in [0.05, 0.1) is 30.8 Å². The van der Waals surface area contributed by atoms with Gasteiger partial charge in [-0.1, -0.05) is 72.5 Å². The molecule has 1 unspecified atom stereocenters. The van der Waals surface area contributed by atoms with E-state index >= 15 is 0 Å². The van der Waals surface area contributed by atoms with Crippen molar-refractivity contribution in [2.75, 3.05) is 33.1 Å². The Morgan fingerprint density at radius 3 is 2.33 bits per heavy atom. The van der Waals surface area contributed by atoms with E-state index in [0.29, 0.717) is 18.9 Å². The molecule has 0 spiro atoms. The van der Waals surface area contributed by atoms with Gasteiger partial charge in [0.15, 0.2) is 8.32 Å². The molecular formula is C40H64N6O7Si2. The van der Waals surface area contributed by atoms with Gasteiger partial charge in [-0.2, -0.15) is 0 Å². The maximum Gasteiger partial charge on any atom is 0.407 e. The molecule has 2 aromatic heterocycles. The zero-order chi connectivity index (χ0) is 41.3. The van der Waals surface area contributed by atoms with Crippen molar-refractivity contribution >= 4 is 51.0 Å². The van der Waals surface area contributed by atoms with Crippen LogP contribution in [-0.4, -0.2) is 87.2 Å². The number of amides is 3. The SMILES string of the molecule is COC(=O)N[C@@H](CC/C=C/C(=O)N(C)C)C(=O)Nc1cccn(Cc2nc3c(C(O[Si](C)(C)C(C)(C)C)C(C)C)cccc3n2COCC[Si](C)(C)C)c1=O. The summed E-state index contributed by atoms with van der Waals surface area (Å²) in [6.45, 7) is 23.5. The van der Waals surface area contributed by atoms with E-state index in [4.69, 9.17) is 18.9 Å². The van der Waals surface area contributed by atoms with Crippen LogP contribution in [0.2, 0.25) is 43.8 Å². The van der Waals surface area contributed by atoms with E-state index in [-0.39, 0.29) is 48.4 Å². The molecule has 55 heavy (non-hydrogen) atoms. The number of carbonyl (C=O) groups is 3. The molecule has 15 heteroatoms. The summed E-state index contributed by atoms with van der Waals surface area (Å²) in [5.41, 5.74) is 2.29. The molecule has 0 aliphatic heterocycles. The molecule has 0 aliphatic rings. The lowest BCUT2D eigenvalue weighted by atomic mass is 9.98. The molecule has 3 amide bonds. The number of methoxy groups -OCH3 is 1. The first-order chi connectivity index (χ1) is 25.6. The molecule has 0 radical (unpaired) electrons. The summed E-state index contributed by atoms with van der Waals surface area (Å²) < 4.78 is 21.6. The van der Waals surface area contributed by atoms with Crippen molar-refractivity contribution in [1.82, 2.24) is 24.3 Å². The molecule has 3 rings (SSSR count). The molecule has 0 saturated heterocycles. The summed E-state index contributed by atoms with van der Waals surface area (Å²) in [6.07, 6.45) is 4.19. The van der Waals surface area contributed by atoms with E-state index in [1.165, 1.54) is 28.7 Å². The number of hydrogen-bond acceptors (Lipinski definition) is 8. The molecular weight excluding hydrogens is 733 g/mol. The number of anilines is 1. The van der Waals surface area contributed by atoms with Crippen molar-refractivity contribution in [1.29, 1.82) is 0 Å². The lowest BCUT2D eigenvalue weighted by Crippen LogP contribution is -2.44. The second kappa shape index (κ2) is 19.2. The number of alkyl carbamates (subject to hydrolysis) is 1. The molecule has 1 aromatic carbocycles. The molecule has 3 aromatic rings. The highest BCUT2D eigenvalue weighted by Gasteiger charge is 2.40. The maximum atomic E-state index is 13.9. The van der Waals surface area contributed by atoms with Gasteiger partial charge < -0.3 is 38.6 Å². The molecule has 0 aliphatic carbocycles. The average Bonchev–Trinajstić information content (AvgIpc) is 3.44. The van der Waals surface area contributed by atoms with Crippen LogP contribution in [-0.2, 0) is 36.8 Å². The van der Waals surface area contributed by atoms with E-state index in [2.05, 4.69) is 84.1 Å². The van der Waals surface area contributed by atoms with Gasteiger partial charge in [0.2, 0.25) is 11.8 Å². The summed E-state index contributed by atoms with van der Waals surface area (Å²) in [4.78, 5) is 58.0. The summed E-state index contributed by atoms with van der Waals surface area (Å²) in [6, 6.07) is 9.33. The first kappa shape index (κ1) is 45.3. The molecule has 2 heterocycles. The number of pyridine rings is 1. The standard InChI is InChI=1S/C40H64N6O7Si2/c1-28(2)36(53-55(12,13)40(3,4)5)29-18-16-21-32-35(29)43-33(46(32)27-52-24-25-54(9,10)11)26-45-23-17-20-31(38(45)49)41-37(48)30(42-39(50)51-8)19-14-15-22-34(47)44(6)7/h15-18,20-23,28,30,36H,14,19,24-27H2,1-13H3,(H,41,48)(H,42,50)/b22-15+/t30-,36?/m0/s1. The second-order valence-electron chi connectivity index (χ2n) is 17.3. The Labute approximate surface area is 328 Å². The summed E-state index contributed by atoms with van der Waals surface area (Å²) in [5, 5.41) is 5.24. The van der Waals surface area contributed by atoms with Gasteiger partial charge in [-0.25, -0.2) is 9.78 Å². The predicted octanol–water partition coefficient (Wildman–Crippen LogP) is 7.37. The third-order valence-corrected chi connectivity index (χ3v) is 16.1. The van der Waals surface area contributed by atoms with Crippen LogP contribution in [0.4, 0.5) is 10.5 Å². The summed E-state index contributed by atoms with van der Waals surface area (Å²) >= 11 is 0. The van der Waals surface area contributed by atoms with Crippen LogP contribution < -0.4 is 16.2 Å². The number of hydrogen-bond donors (Lipinski definition) is 2. The Balaban J connectivity index is 2.02. The Morgan fingerprint density at radius 1 is 1.04 bits per heavy atom. The first-order valence-corrected chi connectivity index (χ1v) is 25.6. The Kier molecular flexibility index (Phi) is 15.8. The van der Waals surface area contributed by atoms with Gasteiger partial charge in [0, 0.05) is 40.5 Å².